The summed E-state index contributed by atoms with van der Waals surface area (Å²) in [6.07, 6.45) is 9.85. The van der Waals surface area contributed by atoms with Gasteiger partial charge in [0.1, 0.15) is 0 Å². The second-order valence-corrected chi connectivity index (χ2v) is 5.59. The fourth-order valence-electron chi connectivity index (χ4n) is 3.63. The first-order valence-electron chi connectivity index (χ1n) is 6.39. The smallest absolute Gasteiger partial charge is 0.161 e. The van der Waals surface area contributed by atoms with E-state index in [2.05, 4.69) is 10.8 Å². The second kappa shape index (κ2) is 3.76. The molecule has 0 amide bonds. The standard InChI is InChI=1S/C14H19NO/c1-10(16)13-4-5-15(8-13)9-14-7-11-2-3-12(14)6-11/h4-5,8,11-12,14H,2-3,6-7,9H2,1H3. The van der Waals surface area contributed by atoms with Crippen molar-refractivity contribution in [1.29, 1.82) is 0 Å². The molecular formula is C14H19NO. The molecule has 2 bridgehead atoms. The second-order valence-electron chi connectivity index (χ2n) is 5.59. The summed E-state index contributed by atoms with van der Waals surface area (Å²) in [7, 11) is 0. The summed E-state index contributed by atoms with van der Waals surface area (Å²) in [5, 5.41) is 0. The van der Waals surface area contributed by atoms with Crippen LogP contribution in [0.4, 0.5) is 0 Å². The van der Waals surface area contributed by atoms with Gasteiger partial charge in [-0.25, -0.2) is 0 Å². The number of carbonyl (C=O) groups is 1. The molecule has 2 heteroatoms. The van der Waals surface area contributed by atoms with E-state index in [1.165, 1.54) is 25.7 Å². The summed E-state index contributed by atoms with van der Waals surface area (Å²) in [4.78, 5) is 11.2. The van der Waals surface area contributed by atoms with Crippen LogP contribution in [-0.2, 0) is 6.54 Å². The third kappa shape index (κ3) is 1.70. The molecule has 0 N–H and O–H groups in total. The molecular weight excluding hydrogens is 198 g/mol. The van der Waals surface area contributed by atoms with E-state index in [1.807, 2.05) is 12.3 Å². The van der Waals surface area contributed by atoms with Crippen LogP contribution in [0.15, 0.2) is 18.5 Å². The van der Waals surface area contributed by atoms with Gasteiger partial charge in [0.2, 0.25) is 0 Å². The lowest BCUT2D eigenvalue weighted by Crippen LogP contribution is -2.16. The lowest BCUT2D eigenvalue weighted by Gasteiger charge is -2.21. The number of carbonyl (C=O) groups excluding carboxylic acids is 1. The first-order chi connectivity index (χ1) is 7.72. The van der Waals surface area contributed by atoms with E-state index >= 15 is 0 Å². The van der Waals surface area contributed by atoms with Gasteiger partial charge in [0.15, 0.2) is 5.78 Å². The molecule has 1 aromatic rings. The Morgan fingerprint density at radius 3 is 2.88 bits per heavy atom. The topological polar surface area (TPSA) is 22.0 Å². The third-order valence-corrected chi connectivity index (χ3v) is 4.49. The van der Waals surface area contributed by atoms with Gasteiger partial charge in [-0.2, -0.15) is 0 Å². The Hall–Kier alpha value is -1.05. The van der Waals surface area contributed by atoms with Crippen molar-refractivity contribution in [3.05, 3.63) is 24.0 Å². The Bertz CT molecular complexity index is 407. The van der Waals surface area contributed by atoms with E-state index in [0.717, 1.165) is 29.9 Å². The summed E-state index contributed by atoms with van der Waals surface area (Å²) >= 11 is 0. The highest BCUT2D eigenvalue weighted by Crippen LogP contribution is 2.48. The fourth-order valence-corrected chi connectivity index (χ4v) is 3.63. The summed E-state index contributed by atoms with van der Waals surface area (Å²) in [6.45, 7) is 2.76. The van der Waals surface area contributed by atoms with Crippen molar-refractivity contribution >= 4 is 5.78 Å². The highest BCUT2D eigenvalue weighted by atomic mass is 16.1. The van der Waals surface area contributed by atoms with Gasteiger partial charge in [0.25, 0.3) is 0 Å². The Labute approximate surface area is 96.6 Å². The average Bonchev–Trinajstić information content (AvgIpc) is 2.91. The molecule has 16 heavy (non-hydrogen) atoms. The zero-order chi connectivity index (χ0) is 11.1. The maximum atomic E-state index is 11.2. The highest BCUT2D eigenvalue weighted by Gasteiger charge is 2.39. The number of aromatic nitrogens is 1. The predicted molar refractivity (Wildman–Crippen MR) is 63.4 cm³/mol. The third-order valence-electron chi connectivity index (χ3n) is 4.49. The molecule has 0 spiro atoms. The zero-order valence-electron chi connectivity index (χ0n) is 9.86. The number of fused-ring (bicyclic) bond motifs is 2. The SMILES string of the molecule is CC(=O)c1ccn(CC2CC3CCC2C3)c1. The largest absolute Gasteiger partial charge is 0.353 e. The van der Waals surface area contributed by atoms with E-state index in [0.29, 0.717) is 0 Å². The molecule has 2 aliphatic carbocycles. The van der Waals surface area contributed by atoms with Crippen LogP contribution in [0.25, 0.3) is 0 Å². The van der Waals surface area contributed by atoms with Gasteiger partial charge in [0.05, 0.1) is 0 Å². The van der Waals surface area contributed by atoms with Crippen LogP contribution in [0.1, 0.15) is 43.0 Å². The molecule has 3 atom stereocenters. The van der Waals surface area contributed by atoms with Gasteiger partial charge in [-0.1, -0.05) is 6.42 Å². The molecule has 2 saturated carbocycles. The van der Waals surface area contributed by atoms with E-state index < -0.39 is 0 Å². The molecule has 2 aliphatic rings. The maximum Gasteiger partial charge on any atom is 0.161 e. The van der Waals surface area contributed by atoms with Crippen molar-refractivity contribution in [2.75, 3.05) is 0 Å². The van der Waals surface area contributed by atoms with Crippen LogP contribution < -0.4 is 0 Å². The van der Waals surface area contributed by atoms with Crippen molar-refractivity contribution in [2.24, 2.45) is 17.8 Å². The molecule has 0 aromatic carbocycles. The van der Waals surface area contributed by atoms with Gasteiger partial charge < -0.3 is 4.57 Å². The van der Waals surface area contributed by atoms with Gasteiger partial charge >= 0.3 is 0 Å². The minimum absolute atomic E-state index is 0.173. The molecule has 2 fully saturated rings. The Morgan fingerprint density at radius 1 is 1.44 bits per heavy atom. The van der Waals surface area contributed by atoms with Crippen LogP contribution in [0, 0.1) is 17.8 Å². The highest BCUT2D eigenvalue weighted by molar-refractivity contribution is 5.93. The average molecular weight is 217 g/mol. The van der Waals surface area contributed by atoms with E-state index in [9.17, 15) is 4.79 Å². The van der Waals surface area contributed by atoms with Crippen molar-refractivity contribution in [3.63, 3.8) is 0 Å². The molecule has 3 unspecified atom stereocenters. The summed E-state index contributed by atoms with van der Waals surface area (Å²) in [5.74, 6) is 3.02. The lowest BCUT2D eigenvalue weighted by atomic mass is 9.89. The number of nitrogens with zero attached hydrogens (tertiary/aromatic N) is 1. The quantitative estimate of drug-likeness (QED) is 0.713. The van der Waals surface area contributed by atoms with Gasteiger partial charge in [-0.15, -0.1) is 0 Å². The summed E-state index contributed by atoms with van der Waals surface area (Å²) in [5.41, 5.74) is 0.850. The predicted octanol–water partition coefficient (Wildman–Crippen LogP) is 3.13. The van der Waals surface area contributed by atoms with Crippen molar-refractivity contribution < 1.29 is 4.79 Å². The minimum atomic E-state index is 0.173. The minimum Gasteiger partial charge on any atom is -0.353 e. The van der Waals surface area contributed by atoms with E-state index in [4.69, 9.17) is 0 Å². The number of hydrogen-bond donors (Lipinski definition) is 0. The monoisotopic (exact) mass is 217 g/mol. The Kier molecular flexibility index (Phi) is 2.38. The molecule has 1 heterocycles. The Morgan fingerprint density at radius 2 is 2.31 bits per heavy atom. The summed E-state index contributed by atoms with van der Waals surface area (Å²) < 4.78 is 2.21. The van der Waals surface area contributed by atoms with Crippen LogP contribution in [0.5, 0.6) is 0 Å². The van der Waals surface area contributed by atoms with E-state index in [-0.39, 0.29) is 5.78 Å². The van der Waals surface area contributed by atoms with Gasteiger partial charge in [-0.3, -0.25) is 4.79 Å². The van der Waals surface area contributed by atoms with E-state index in [1.54, 1.807) is 6.92 Å². The van der Waals surface area contributed by atoms with Gasteiger partial charge in [0, 0.05) is 24.5 Å². The number of rotatable bonds is 3. The number of hydrogen-bond acceptors (Lipinski definition) is 1. The van der Waals surface area contributed by atoms with Crippen LogP contribution >= 0.6 is 0 Å². The molecule has 0 aliphatic heterocycles. The van der Waals surface area contributed by atoms with Crippen LogP contribution in [0.3, 0.4) is 0 Å². The molecule has 1 aromatic heterocycles. The molecule has 86 valence electrons. The first kappa shape index (κ1) is 10.1. The van der Waals surface area contributed by atoms with Crippen molar-refractivity contribution in [1.82, 2.24) is 4.57 Å². The van der Waals surface area contributed by atoms with Crippen molar-refractivity contribution in [3.8, 4) is 0 Å². The zero-order valence-corrected chi connectivity index (χ0v) is 9.86. The summed E-state index contributed by atoms with van der Waals surface area (Å²) in [6, 6.07) is 1.94. The molecule has 0 saturated heterocycles. The molecule has 2 nitrogen and oxygen atoms in total. The van der Waals surface area contributed by atoms with Crippen molar-refractivity contribution in [2.45, 2.75) is 39.2 Å². The first-order valence-corrected chi connectivity index (χ1v) is 6.39. The van der Waals surface area contributed by atoms with Gasteiger partial charge in [-0.05, 0) is 50.0 Å². The van der Waals surface area contributed by atoms with Crippen LogP contribution in [-0.4, -0.2) is 10.4 Å². The number of ketones is 1. The molecule has 3 rings (SSSR count). The lowest BCUT2D eigenvalue weighted by molar-refractivity contribution is 0.101. The number of Topliss-reactive ketones (excluding diaryl/α,β-unsaturated/α-hetero) is 1. The Balaban J connectivity index is 1.68. The van der Waals surface area contributed by atoms with Crippen LogP contribution in [0.2, 0.25) is 0 Å². The fraction of sp³-hybridized carbons (Fsp3) is 0.643. The maximum absolute atomic E-state index is 11.2. The normalized spacial score (nSPS) is 32.2. The molecule has 0 radical (unpaired) electrons.